The molecule has 0 radical (unpaired) electrons. The van der Waals surface area contributed by atoms with Gasteiger partial charge >= 0.3 is 0 Å². The Morgan fingerprint density at radius 1 is 1.20 bits per heavy atom. The third-order valence-corrected chi connectivity index (χ3v) is 4.20. The van der Waals surface area contributed by atoms with E-state index < -0.39 is 0 Å². The van der Waals surface area contributed by atoms with Gasteiger partial charge in [-0.05, 0) is 26.7 Å². The van der Waals surface area contributed by atoms with Gasteiger partial charge in [0.2, 0.25) is 0 Å². The summed E-state index contributed by atoms with van der Waals surface area (Å²) in [6, 6.07) is 2.70. The molecule has 0 spiro atoms. The SMILES string of the molecule is Cc1cc(N2CCCC2CN2CCOCC2)nc(C)n1. The van der Waals surface area contributed by atoms with Crippen molar-refractivity contribution in [1.82, 2.24) is 14.9 Å². The van der Waals surface area contributed by atoms with E-state index in [0.29, 0.717) is 6.04 Å². The summed E-state index contributed by atoms with van der Waals surface area (Å²) in [4.78, 5) is 14.0. The average Bonchev–Trinajstić information content (AvgIpc) is 2.87. The van der Waals surface area contributed by atoms with Gasteiger partial charge in [0.25, 0.3) is 0 Å². The summed E-state index contributed by atoms with van der Waals surface area (Å²) in [7, 11) is 0. The van der Waals surface area contributed by atoms with Crippen LogP contribution in [0.4, 0.5) is 5.82 Å². The number of nitrogens with zero attached hydrogens (tertiary/aromatic N) is 4. The molecule has 2 fully saturated rings. The molecule has 1 aromatic heterocycles. The molecule has 3 heterocycles. The molecule has 1 unspecified atom stereocenters. The quantitative estimate of drug-likeness (QED) is 0.834. The minimum atomic E-state index is 0.585. The number of aromatic nitrogens is 2. The van der Waals surface area contributed by atoms with E-state index in [1.807, 2.05) is 13.8 Å². The van der Waals surface area contributed by atoms with E-state index in [0.717, 1.165) is 56.7 Å². The monoisotopic (exact) mass is 276 g/mol. The maximum Gasteiger partial charge on any atom is 0.132 e. The Bertz CT molecular complexity index is 439. The molecule has 0 aromatic carbocycles. The van der Waals surface area contributed by atoms with Crippen molar-refractivity contribution in [2.75, 3.05) is 44.3 Å². The van der Waals surface area contributed by atoms with Crippen LogP contribution >= 0.6 is 0 Å². The molecule has 0 bridgehead atoms. The lowest BCUT2D eigenvalue weighted by atomic mass is 10.2. The van der Waals surface area contributed by atoms with E-state index >= 15 is 0 Å². The highest BCUT2D eigenvalue weighted by Crippen LogP contribution is 2.25. The van der Waals surface area contributed by atoms with Crippen LogP contribution in [-0.2, 0) is 4.74 Å². The van der Waals surface area contributed by atoms with Crippen molar-refractivity contribution in [3.05, 3.63) is 17.6 Å². The number of anilines is 1. The van der Waals surface area contributed by atoms with Crippen LogP contribution in [0, 0.1) is 13.8 Å². The largest absolute Gasteiger partial charge is 0.379 e. The third kappa shape index (κ3) is 3.10. The second-order valence-electron chi connectivity index (χ2n) is 5.82. The summed E-state index contributed by atoms with van der Waals surface area (Å²) < 4.78 is 5.43. The molecule has 0 saturated carbocycles. The number of aryl methyl sites for hydroxylation is 2. The molecule has 2 aliphatic heterocycles. The topological polar surface area (TPSA) is 41.5 Å². The maximum atomic E-state index is 5.43. The van der Waals surface area contributed by atoms with Gasteiger partial charge in [-0.3, -0.25) is 4.90 Å². The lowest BCUT2D eigenvalue weighted by molar-refractivity contribution is 0.0354. The molecule has 20 heavy (non-hydrogen) atoms. The summed E-state index contributed by atoms with van der Waals surface area (Å²) >= 11 is 0. The zero-order chi connectivity index (χ0) is 13.9. The average molecular weight is 276 g/mol. The zero-order valence-corrected chi connectivity index (χ0v) is 12.5. The molecule has 0 amide bonds. The summed E-state index contributed by atoms with van der Waals surface area (Å²) in [5.41, 5.74) is 1.06. The lowest BCUT2D eigenvalue weighted by Gasteiger charge is -2.33. The van der Waals surface area contributed by atoms with Crippen LogP contribution in [0.15, 0.2) is 6.07 Å². The highest BCUT2D eigenvalue weighted by molar-refractivity contribution is 5.42. The third-order valence-electron chi connectivity index (χ3n) is 4.20. The summed E-state index contributed by atoms with van der Waals surface area (Å²) in [6.07, 6.45) is 2.52. The van der Waals surface area contributed by atoms with Crippen molar-refractivity contribution in [1.29, 1.82) is 0 Å². The molecular formula is C15H24N4O. The van der Waals surface area contributed by atoms with Gasteiger partial charge in [0.1, 0.15) is 11.6 Å². The Labute approximate surface area is 121 Å². The van der Waals surface area contributed by atoms with Crippen molar-refractivity contribution in [3.63, 3.8) is 0 Å². The summed E-state index contributed by atoms with van der Waals surface area (Å²) in [5, 5.41) is 0. The predicted molar refractivity (Wildman–Crippen MR) is 79.1 cm³/mol. The molecule has 2 aliphatic rings. The second kappa shape index (κ2) is 6.06. The first-order valence-electron chi connectivity index (χ1n) is 7.61. The van der Waals surface area contributed by atoms with Crippen LogP contribution in [0.5, 0.6) is 0 Å². The summed E-state index contributed by atoms with van der Waals surface area (Å²) in [6.45, 7) is 10.1. The van der Waals surface area contributed by atoms with Crippen molar-refractivity contribution in [2.24, 2.45) is 0 Å². The fraction of sp³-hybridized carbons (Fsp3) is 0.733. The zero-order valence-electron chi connectivity index (χ0n) is 12.5. The van der Waals surface area contributed by atoms with Crippen molar-refractivity contribution >= 4 is 5.82 Å². The van der Waals surface area contributed by atoms with Crippen LogP contribution in [0.25, 0.3) is 0 Å². The van der Waals surface area contributed by atoms with E-state index in [-0.39, 0.29) is 0 Å². The van der Waals surface area contributed by atoms with Crippen LogP contribution < -0.4 is 4.90 Å². The maximum absolute atomic E-state index is 5.43. The smallest absolute Gasteiger partial charge is 0.132 e. The molecule has 1 atom stereocenters. The van der Waals surface area contributed by atoms with E-state index in [4.69, 9.17) is 4.74 Å². The van der Waals surface area contributed by atoms with E-state index in [1.54, 1.807) is 0 Å². The van der Waals surface area contributed by atoms with Gasteiger partial charge in [-0.2, -0.15) is 0 Å². The number of hydrogen-bond donors (Lipinski definition) is 0. The molecule has 5 nitrogen and oxygen atoms in total. The van der Waals surface area contributed by atoms with Crippen LogP contribution in [0.3, 0.4) is 0 Å². The first kappa shape index (κ1) is 13.8. The van der Waals surface area contributed by atoms with Crippen LogP contribution in [-0.4, -0.2) is 60.3 Å². The second-order valence-corrected chi connectivity index (χ2v) is 5.82. The number of hydrogen-bond acceptors (Lipinski definition) is 5. The molecule has 110 valence electrons. The molecule has 2 saturated heterocycles. The molecule has 0 N–H and O–H groups in total. The van der Waals surface area contributed by atoms with Crippen LogP contribution in [0.2, 0.25) is 0 Å². The Hall–Kier alpha value is -1.20. The van der Waals surface area contributed by atoms with Gasteiger partial charge < -0.3 is 9.64 Å². The number of ether oxygens (including phenoxy) is 1. The van der Waals surface area contributed by atoms with Gasteiger partial charge in [0.05, 0.1) is 13.2 Å². The molecule has 5 heteroatoms. The first-order valence-corrected chi connectivity index (χ1v) is 7.61. The minimum Gasteiger partial charge on any atom is -0.379 e. The molecule has 0 aliphatic carbocycles. The minimum absolute atomic E-state index is 0.585. The Morgan fingerprint density at radius 2 is 2.00 bits per heavy atom. The number of morpholine rings is 1. The molecule has 1 aromatic rings. The van der Waals surface area contributed by atoms with Crippen molar-refractivity contribution in [3.8, 4) is 0 Å². The Kier molecular flexibility index (Phi) is 4.17. The van der Waals surface area contributed by atoms with Crippen molar-refractivity contribution in [2.45, 2.75) is 32.7 Å². The fourth-order valence-corrected chi connectivity index (χ4v) is 3.25. The first-order chi connectivity index (χ1) is 9.72. The van der Waals surface area contributed by atoms with Crippen LogP contribution in [0.1, 0.15) is 24.4 Å². The highest BCUT2D eigenvalue weighted by Gasteiger charge is 2.28. The standard InChI is InChI=1S/C15H24N4O/c1-12-10-15(17-13(2)16-12)19-5-3-4-14(19)11-18-6-8-20-9-7-18/h10,14H,3-9,11H2,1-2H3. The van der Waals surface area contributed by atoms with Gasteiger partial charge in [-0.25, -0.2) is 9.97 Å². The van der Waals surface area contributed by atoms with Gasteiger partial charge in [-0.1, -0.05) is 0 Å². The van der Waals surface area contributed by atoms with E-state index in [9.17, 15) is 0 Å². The Balaban J connectivity index is 1.71. The van der Waals surface area contributed by atoms with Gasteiger partial charge in [0.15, 0.2) is 0 Å². The summed E-state index contributed by atoms with van der Waals surface area (Å²) in [5.74, 6) is 1.97. The fourth-order valence-electron chi connectivity index (χ4n) is 3.25. The van der Waals surface area contributed by atoms with Gasteiger partial charge in [-0.15, -0.1) is 0 Å². The van der Waals surface area contributed by atoms with Gasteiger partial charge in [0, 0.05) is 44.0 Å². The predicted octanol–water partition coefficient (Wildman–Crippen LogP) is 1.39. The van der Waals surface area contributed by atoms with E-state index in [1.165, 1.54) is 12.8 Å². The number of rotatable bonds is 3. The normalized spacial score (nSPS) is 24.3. The Morgan fingerprint density at radius 3 is 2.75 bits per heavy atom. The molecular weight excluding hydrogens is 252 g/mol. The molecule has 3 rings (SSSR count). The van der Waals surface area contributed by atoms with E-state index in [2.05, 4.69) is 25.8 Å². The highest BCUT2D eigenvalue weighted by atomic mass is 16.5. The van der Waals surface area contributed by atoms with Crippen molar-refractivity contribution < 1.29 is 4.74 Å². The lowest BCUT2D eigenvalue weighted by Crippen LogP contribution is -2.45.